The molecule has 3 atom stereocenters. The van der Waals surface area contributed by atoms with E-state index in [0.717, 1.165) is 35.4 Å². The molecule has 3 aliphatic heterocycles. The maximum absolute atomic E-state index is 12.9. The van der Waals surface area contributed by atoms with Gasteiger partial charge in [-0.1, -0.05) is 6.07 Å². The van der Waals surface area contributed by atoms with Crippen molar-refractivity contribution in [1.82, 2.24) is 20.9 Å². The summed E-state index contributed by atoms with van der Waals surface area (Å²) in [6, 6.07) is 4.85. The first-order valence-electron chi connectivity index (χ1n) is 10.3. The SMILES string of the molecule is O=C1CCC(N2C(=O)c3ccc(CNC4CC5CNCC5C4)cc3C2=O)C(=O)N1. The van der Waals surface area contributed by atoms with Crippen molar-refractivity contribution in [3.05, 3.63) is 34.9 Å². The van der Waals surface area contributed by atoms with Crippen molar-refractivity contribution in [2.75, 3.05) is 13.1 Å². The molecule has 4 aliphatic rings. The van der Waals surface area contributed by atoms with E-state index in [-0.39, 0.29) is 18.7 Å². The highest BCUT2D eigenvalue weighted by Gasteiger charge is 2.44. The highest BCUT2D eigenvalue weighted by Crippen LogP contribution is 2.34. The zero-order valence-corrected chi connectivity index (χ0v) is 16.1. The first kappa shape index (κ1) is 18.4. The van der Waals surface area contributed by atoms with Crippen LogP contribution in [0, 0.1) is 11.8 Å². The van der Waals surface area contributed by atoms with Crippen molar-refractivity contribution >= 4 is 23.6 Å². The quantitative estimate of drug-likeness (QED) is 0.627. The Kier molecular flexibility index (Phi) is 4.48. The molecule has 3 N–H and O–H groups in total. The van der Waals surface area contributed by atoms with Crippen molar-refractivity contribution in [3.63, 3.8) is 0 Å². The van der Waals surface area contributed by atoms with Crippen LogP contribution in [0.15, 0.2) is 18.2 Å². The van der Waals surface area contributed by atoms with Gasteiger partial charge in [-0.2, -0.15) is 0 Å². The number of nitrogens with one attached hydrogen (secondary N) is 3. The third-order valence-electron chi connectivity index (χ3n) is 6.75. The molecule has 3 fully saturated rings. The van der Waals surface area contributed by atoms with Gasteiger partial charge in [-0.25, -0.2) is 0 Å². The van der Waals surface area contributed by atoms with Gasteiger partial charge >= 0.3 is 0 Å². The number of benzene rings is 1. The monoisotopic (exact) mass is 396 g/mol. The lowest BCUT2D eigenvalue weighted by Crippen LogP contribution is -2.54. The van der Waals surface area contributed by atoms with Gasteiger partial charge in [0.05, 0.1) is 11.1 Å². The molecule has 152 valence electrons. The van der Waals surface area contributed by atoms with Crippen LogP contribution in [0.25, 0.3) is 0 Å². The number of hydrogen-bond donors (Lipinski definition) is 3. The zero-order valence-electron chi connectivity index (χ0n) is 16.1. The molecule has 5 rings (SSSR count). The summed E-state index contributed by atoms with van der Waals surface area (Å²) in [6.45, 7) is 2.85. The van der Waals surface area contributed by atoms with Crippen LogP contribution in [0.1, 0.15) is 52.0 Å². The fourth-order valence-electron chi connectivity index (χ4n) is 5.22. The Labute approximate surface area is 168 Å². The lowest BCUT2D eigenvalue weighted by Gasteiger charge is -2.27. The van der Waals surface area contributed by atoms with Gasteiger partial charge in [-0.05, 0) is 61.9 Å². The number of carbonyl (C=O) groups excluding carboxylic acids is 4. The van der Waals surface area contributed by atoms with Crippen LogP contribution in [-0.2, 0) is 16.1 Å². The predicted octanol–water partition coefficient (Wildman–Crippen LogP) is 0.175. The van der Waals surface area contributed by atoms with E-state index in [4.69, 9.17) is 0 Å². The summed E-state index contributed by atoms with van der Waals surface area (Å²) in [4.78, 5) is 50.2. The van der Waals surface area contributed by atoms with E-state index < -0.39 is 23.8 Å². The average Bonchev–Trinajstić information content (AvgIpc) is 3.35. The normalized spacial score (nSPS) is 31.2. The summed E-state index contributed by atoms with van der Waals surface area (Å²) in [7, 11) is 0. The molecule has 0 aromatic heterocycles. The molecule has 2 saturated heterocycles. The maximum atomic E-state index is 12.9. The topological polar surface area (TPSA) is 108 Å². The summed E-state index contributed by atoms with van der Waals surface area (Å²) in [5, 5.41) is 9.25. The highest BCUT2D eigenvalue weighted by atomic mass is 16.2. The second kappa shape index (κ2) is 7.03. The minimum atomic E-state index is -0.923. The van der Waals surface area contributed by atoms with E-state index in [1.165, 1.54) is 12.8 Å². The number of hydrogen-bond acceptors (Lipinski definition) is 6. The summed E-state index contributed by atoms with van der Waals surface area (Å²) in [5.74, 6) is -0.359. The number of nitrogens with zero attached hydrogens (tertiary/aromatic N) is 1. The molecule has 3 unspecified atom stereocenters. The average molecular weight is 396 g/mol. The smallest absolute Gasteiger partial charge is 0.262 e. The van der Waals surface area contributed by atoms with E-state index in [1.807, 2.05) is 6.07 Å². The number of rotatable bonds is 4. The molecule has 1 saturated carbocycles. The summed E-state index contributed by atoms with van der Waals surface area (Å²) in [5.41, 5.74) is 1.61. The van der Waals surface area contributed by atoms with Gasteiger partial charge in [0.25, 0.3) is 11.8 Å². The molecular formula is C21H24N4O4. The van der Waals surface area contributed by atoms with Crippen LogP contribution in [0.5, 0.6) is 0 Å². The number of carbonyl (C=O) groups is 4. The summed E-state index contributed by atoms with van der Waals surface area (Å²) < 4.78 is 0. The van der Waals surface area contributed by atoms with E-state index in [2.05, 4.69) is 16.0 Å². The molecule has 8 heteroatoms. The van der Waals surface area contributed by atoms with Crippen LogP contribution >= 0.6 is 0 Å². The van der Waals surface area contributed by atoms with Gasteiger partial charge in [-0.15, -0.1) is 0 Å². The van der Waals surface area contributed by atoms with E-state index in [0.29, 0.717) is 23.7 Å². The van der Waals surface area contributed by atoms with Gasteiger partial charge in [-0.3, -0.25) is 29.4 Å². The van der Waals surface area contributed by atoms with Crippen LogP contribution in [0.4, 0.5) is 0 Å². The van der Waals surface area contributed by atoms with Crippen molar-refractivity contribution < 1.29 is 19.2 Å². The Balaban J connectivity index is 1.28. The van der Waals surface area contributed by atoms with E-state index >= 15 is 0 Å². The predicted molar refractivity (Wildman–Crippen MR) is 103 cm³/mol. The third kappa shape index (κ3) is 3.16. The Morgan fingerprint density at radius 2 is 1.72 bits per heavy atom. The number of imide groups is 2. The third-order valence-corrected chi connectivity index (χ3v) is 6.75. The minimum absolute atomic E-state index is 0.123. The molecule has 29 heavy (non-hydrogen) atoms. The maximum Gasteiger partial charge on any atom is 0.262 e. The van der Waals surface area contributed by atoms with Crippen molar-refractivity contribution in [1.29, 1.82) is 0 Å². The molecule has 1 aromatic carbocycles. The van der Waals surface area contributed by atoms with Crippen LogP contribution in [0.2, 0.25) is 0 Å². The van der Waals surface area contributed by atoms with Gasteiger partial charge < -0.3 is 10.6 Å². The van der Waals surface area contributed by atoms with E-state index in [1.54, 1.807) is 12.1 Å². The molecule has 4 amide bonds. The molecule has 0 spiro atoms. The van der Waals surface area contributed by atoms with Crippen LogP contribution in [-0.4, -0.2) is 53.7 Å². The summed E-state index contributed by atoms with van der Waals surface area (Å²) >= 11 is 0. The highest BCUT2D eigenvalue weighted by molar-refractivity contribution is 6.23. The fraction of sp³-hybridized carbons (Fsp3) is 0.524. The van der Waals surface area contributed by atoms with Crippen LogP contribution in [0.3, 0.4) is 0 Å². The first-order chi connectivity index (χ1) is 14.0. The lowest BCUT2D eigenvalue weighted by molar-refractivity contribution is -0.136. The van der Waals surface area contributed by atoms with E-state index in [9.17, 15) is 19.2 Å². The Morgan fingerprint density at radius 1 is 1.00 bits per heavy atom. The summed E-state index contributed by atoms with van der Waals surface area (Å²) in [6.07, 6.45) is 2.63. The van der Waals surface area contributed by atoms with Gasteiger partial charge in [0, 0.05) is 19.0 Å². The molecule has 1 aliphatic carbocycles. The second-order valence-corrected chi connectivity index (χ2v) is 8.55. The number of fused-ring (bicyclic) bond motifs is 2. The molecular weight excluding hydrogens is 372 g/mol. The number of amides is 4. The van der Waals surface area contributed by atoms with Crippen molar-refractivity contribution in [3.8, 4) is 0 Å². The molecule has 3 heterocycles. The largest absolute Gasteiger partial charge is 0.316 e. The Hall–Kier alpha value is -2.58. The Morgan fingerprint density at radius 3 is 2.45 bits per heavy atom. The molecule has 0 radical (unpaired) electrons. The Bertz CT molecular complexity index is 902. The lowest BCUT2D eigenvalue weighted by atomic mass is 10.0. The first-order valence-corrected chi connectivity index (χ1v) is 10.3. The standard InChI is InChI=1S/C21H24N4O4/c26-18-4-3-17(19(27)24-18)25-20(28)15-2-1-11(5-16(15)21(25)29)8-23-14-6-12-9-22-10-13(12)7-14/h1-2,5,12-14,17,22-23H,3-4,6-10H2,(H,24,26,27). The van der Waals surface area contributed by atoms with Gasteiger partial charge in [0.1, 0.15) is 6.04 Å². The van der Waals surface area contributed by atoms with Gasteiger partial charge in [0.15, 0.2) is 0 Å². The fourth-order valence-corrected chi connectivity index (χ4v) is 5.22. The zero-order chi connectivity index (χ0) is 20.1. The molecule has 0 bridgehead atoms. The minimum Gasteiger partial charge on any atom is -0.316 e. The van der Waals surface area contributed by atoms with Gasteiger partial charge in [0.2, 0.25) is 11.8 Å². The van der Waals surface area contributed by atoms with Crippen LogP contribution < -0.4 is 16.0 Å². The van der Waals surface area contributed by atoms with Crippen molar-refractivity contribution in [2.45, 2.75) is 44.3 Å². The second-order valence-electron chi connectivity index (χ2n) is 8.55. The number of piperidine rings is 1. The molecule has 8 nitrogen and oxygen atoms in total. The van der Waals surface area contributed by atoms with Crippen molar-refractivity contribution in [2.24, 2.45) is 11.8 Å². The molecule has 1 aromatic rings.